The maximum Gasteiger partial charge on any atom is 0.407 e. The molecule has 0 aromatic rings. The van der Waals surface area contributed by atoms with Gasteiger partial charge in [0.15, 0.2) is 0 Å². The van der Waals surface area contributed by atoms with Crippen molar-refractivity contribution >= 4 is 12.1 Å². The molecule has 114 valence electrons. The zero-order valence-corrected chi connectivity index (χ0v) is 12.5. The Bertz CT molecular complexity index is 390. The van der Waals surface area contributed by atoms with E-state index in [1.54, 1.807) is 27.7 Å². The summed E-state index contributed by atoms with van der Waals surface area (Å²) < 4.78 is 15.8. The van der Waals surface area contributed by atoms with Crippen LogP contribution in [0.3, 0.4) is 0 Å². The van der Waals surface area contributed by atoms with E-state index < -0.39 is 11.7 Å². The Hall–Kier alpha value is -1.30. The first-order chi connectivity index (χ1) is 9.30. The fraction of sp³-hybridized carbons (Fsp3) is 0.857. The molecule has 0 aromatic heterocycles. The van der Waals surface area contributed by atoms with E-state index in [1.165, 1.54) is 0 Å². The number of rotatable bonds is 3. The van der Waals surface area contributed by atoms with Crippen molar-refractivity contribution in [2.75, 3.05) is 6.61 Å². The lowest BCUT2D eigenvalue weighted by Crippen LogP contribution is -2.48. The summed E-state index contributed by atoms with van der Waals surface area (Å²) in [7, 11) is 0. The standard InChI is InChI=1S/C14H23NO5/c1-5-18-12(16)8-6-10-11(19-10)7-9(8)15-13(17)20-14(2,3)4/h8-11H,5-7H2,1-4H3,(H,15,17)/t8-,9-,10-,11+/m1/s1. The van der Waals surface area contributed by atoms with Crippen LogP contribution in [0.2, 0.25) is 0 Å². The summed E-state index contributed by atoms with van der Waals surface area (Å²) in [6.45, 7) is 7.51. The summed E-state index contributed by atoms with van der Waals surface area (Å²) in [4.78, 5) is 23.8. The first kappa shape index (κ1) is 15.1. The first-order valence-electron chi connectivity index (χ1n) is 7.11. The molecule has 2 rings (SSSR count). The van der Waals surface area contributed by atoms with E-state index in [9.17, 15) is 9.59 Å². The van der Waals surface area contributed by atoms with E-state index in [2.05, 4.69) is 5.32 Å². The van der Waals surface area contributed by atoms with E-state index >= 15 is 0 Å². The second-order valence-electron chi connectivity index (χ2n) is 6.30. The Morgan fingerprint density at radius 1 is 1.25 bits per heavy atom. The number of nitrogens with one attached hydrogen (secondary N) is 1. The topological polar surface area (TPSA) is 77.2 Å². The van der Waals surface area contributed by atoms with Crippen molar-refractivity contribution in [2.24, 2.45) is 5.92 Å². The third-order valence-corrected chi connectivity index (χ3v) is 3.44. The molecule has 1 N–H and O–H groups in total. The minimum Gasteiger partial charge on any atom is -0.466 e. The summed E-state index contributed by atoms with van der Waals surface area (Å²) in [5.74, 6) is -0.631. The van der Waals surface area contributed by atoms with Gasteiger partial charge in [0.05, 0.1) is 24.7 Å². The average molecular weight is 285 g/mol. The second kappa shape index (κ2) is 5.60. The van der Waals surface area contributed by atoms with Gasteiger partial charge in [0.1, 0.15) is 5.60 Å². The SMILES string of the molecule is CCOC(=O)[C@@H]1C[C@H]2O[C@H]2C[C@H]1NC(=O)OC(C)(C)C. The number of hydrogen-bond donors (Lipinski definition) is 1. The second-order valence-corrected chi connectivity index (χ2v) is 6.30. The van der Waals surface area contributed by atoms with Crippen LogP contribution in [0.1, 0.15) is 40.5 Å². The zero-order valence-electron chi connectivity index (χ0n) is 12.5. The van der Waals surface area contributed by atoms with E-state index in [-0.39, 0.29) is 30.1 Å². The molecule has 1 amide bonds. The quantitative estimate of drug-likeness (QED) is 0.630. The van der Waals surface area contributed by atoms with Gasteiger partial charge in [-0.1, -0.05) is 0 Å². The van der Waals surface area contributed by atoms with Crippen LogP contribution in [0.25, 0.3) is 0 Å². The largest absolute Gasteiger partial charge is 0.466 e. The lowest BCUT2D eigenvalue weighted by molar-refractivity contribution is -0.149. The molecular formula is C14H23NO5. The summed E-state index contributed by atoms with van der Waals surface area (Å²) in [5.41, 5.74) is -0.559. The fourth-order valence-corrected chi connectivity index (χ4v) is 2.55. The molecule has 1 aliphatic heterocycles. The molecule has 0 bridgehead atoms. The van der Waals surface area contributed by atoms with Gasteiger partial charge in [0.2, 0.25) is 0 Å². The molecule has 0 radical (unpaired) electrons. The molecule has 1 saturated heterocycles. The molecule has 6 nitrogen and oxygen atoms in total. The lowest BCUT2D eigenvalue weighted by atomic mass is 9.84. The molecule has 1 aliphatic carbocycles. The number of alkyl carbamates (subject to hydrolysis) is 1. The van der Waals surface area contributed by atoms with Crippen LogP contribution in [-0.2, 0) is 19.0 Å². The van der Waals surface area contributed by atoms with Crippen LogP contribution < -0.4 is 5.32 Å². The van der Waals surface area contributed by atoms with Crippen molar-refractivity contribution in [1.82, 2.24) is 5.32 Å². The number of carbonyl (C=O) groups is 2. The van der Waals surface area contributed by atoms with Crippen molar-refractivity contribution < 1.29 is 23.8 Å². The summed E-state index contributed by atoms with van der Waals surface area (Å²) in [5, 5.41) is 2.78. The highest BCUT2D eigenvalue weighted by Gasteiger charge is 2.51. The summed E-state index contributed by atoms with van der Waals surface area (Å²) in [6.07, 6.45) is 1.02. The van der Waals surface area contributed by atoms with E-state index in [0.29, 0.717) is 19.4 Å². The molecule has 1 saturated carbocycles. The predicted octanol–water partition coefficient (Wildman–Crippen LogP) is 1.62. The van der Waals surface area contributed by atoms with Crippen LogP contribution in [0, 0.1) is 5.92 Å². The molecule has 1 heterocycles. The van der Waals surface area contributed by atoms with Crippen LogP contribution in [0.15, 0.2) is 0 Å². The van der Waals surface area contributed by atoms with E-state index in [0.717, 1.165) is 0 Å². The number of hydrogen-bond acceptors (Lipinski definition) is 5. The minimum absolute atomic E-state index is 0.140. The Balaban J connectivity index is 1.95. The van der Waals surface area contributed by atoms with Gasteiger partial charge in [-0.3, -0.25) is 4.79 Å². The number of esters is 1. The highest BCUT2D eigenvalue weighted by atomic mass is 16.6. The Labute approximate surface area is 119 Å². The predicted molar refractivity (Wildman–Crippen MR) is 71.2 cm³/mol. The number of epoxide rings is 1. The van der Waals surface area contributed by atoms with Crippen molar-refractivity contribution in [3.05, 3.63) is 0 Å². The van der Waals surface area contributed by atoms with E-state index in [1.807, 2.05) is 0 Å². The highest BCUT2D eigenvalue weighted by Crippen LogP contribution is 2.40. The zero-order chi connectivity index (χ0) is 14.9. The molecule has 0 aromatic carbocycles. The fourth-order valence-electron chi connectivity index (χ4n) is 2.55. The smallest absolute Gasteiger partial charge is 0.407 e. The Morgan fingerprint density at radius 2 is 1.90 bits per heavy atom. The minimum atomic E-state index is -0.559. The third kappa shape index (κ3) is 3.85. The lowest BCUT2D eigenvalue weighted by Gasteiger charge is -2.29. The summed E-state index contributed by atoms with van der Waals surface area (Å²) >= 11 is 0. The van der Waals surface area contributed by atoms with Gasteiger partial charge >= 0.3 is 12.1 Å². The number of amides is 1. The van der Waals surface area contributed by atoms with Crippen LogP contribution in [-0.4, -0.2) is 42.5 Å². The maximum absolute atomic E-state index is 12.0. The third-order valence-electron chi connectivity index (χ3n) is 3.44. The monoisotopic (exact) mass is 285 g/mol. The van der Waals surface area contributed by atoms with Gasteiger partial charge in [0.25, 0.3) is 0 Å². The van der Waals surface area contributed by atoms with Crippen LogP contribution in [0.5, 0.6) is 0 Å². The molecule has 4 atom stereocenters. The highest BCUT2D eigenvalue weighted by molar-refractivity contribution is 5.75. The van der Waals surface area contributed by atoms with Crippen LogP contribution >= 0.6 is 0 Å². The van der Waals surface area contributed by atoms with Gasteiger partial charge in [-0.2, -0.15) is 0 Å². The first-order valence-corrected chi connectivity index (χ1v) is 7.11. The van der Waals surface area contributed by atoms with Crippen molar-refractivity contribution in [2.45, 2.75) is 64.4 Å². The van der Waals surface area contributed by atoms with Gasteiger partial charge < -0.3 is 19.5 Å². The van der Waals surface area contributed by atoms with Gasteiger partial charge in [0, 0.05) is 6.04 Å². The van der Waals surface area contributed by atoms with Gasteiger partial charge in [-0.25, -0.2) is 4.79 Å². The van der Waals surface area contributed by atoms with Crippen molar-refractivity contribution in [1.29, 1.82) is 0 Å². The molecule has 6 heteroatoms. The van der Waals surface area contributed by atoms with Gasteiger partial charge in [-0.15, -0.1) is 0 Å². The summed E-state index contributed by atoms with van der Waals surface area (Å²) in [6, 6.07) is -0.285. The molecular weight excluding hydrogens is 262 g/mol. The normalized spacial score (nSPS) is 32.0. The Morgan fingerprint density at radius 3 is 2.50 bits per heavy atom. The molecule has 2 aliphatic rings. The van der Waals surface area contributed by atoms with Gasteiger partial charge in [-0.05, 0) is 40.5 Å². The molecule has 2 fully saturated rings. The molecule has 0 unspecified atom stereocenters. The van der Waals surface area contributed by atoms with E-state index in [4.69, 9.17) is 14.2 Å². The number of carbonyl (C=O) groups excluding carboxylic acids is 2. The number of ether oxygens (including phenoxy) is 3. The Kier molecular flexibility index (Phi) is 4.22. The molecule has 20 heavy (non-hydrogen) atoms. The number of fused-ring (bicyclic) bond motifs is 1. The van der Waals surface area contributed by atoms with Crippen molar-refractivity contribution in [3.63, 3.8) is 0 Å². The molecule has 0 spiro atoms. The maximum atomic E-state index is 12.0. The van der Waals surface area contributed by atoms with Crippen LogP contribution in [0.4, 0.5) is 4.79 Å². The van der Waals surface area contributed by atoms with Crippen molar-refractivity contribution in [3.8, 4) is 0 Å². The average Bonchev–Trinajstić information content (AvgIpc) is 3.03.